The average Bonchev–Trinajstić information content (AvgIpc) is 2.18. The number of nitrogens with one attached hydrogen (secondary N) is 1. The van der Waals surface area contributed by atoms with Crippen molar-refractivity contribution in [2.24, 2.45) is 0 Å². The minimum Gasteiger partial charge on any atom is -0.508 e. The molecule has 0 aliphatic heterocycles. The first-order valence-corrected chi connectivity index (χ1v) is 5.90. The summed E-state index contributed by atoms with van der Waals surface area (Å²) < 4.78 is 0. The Morgan fingerprint density at radius 3 is 2.93 bits per heavy atom. The molecule has 1 amide bonds. The SMILES string of the molecule is CC(NC(=O)CCBr)c1cccc(O)c1. The van der Waals surface area contributed by atoms with Crippen LogP contribution in [-0.4, -0.2) is 16.3 Å². The van der Waals surface area contributed by atoms with Crippen LogP contribution in [-0.2, 0) is 4.79 Å². The highest BCUT2D eigenvalue weighted by atomic mass is 79.9. The maximum absolute atomic E-state index is 11.3. The summed E-state index contributed by atoms with van der Waals surface area (Å²) in [7, 11) is 0. The first kappa shape index (κ1) is 12.0. The van der Waals surface area contributed by atoms with Crippen molar-refractivity contribution in [2.75, 3.05) is 5.33 Å². The van der Waals surface area contributed by atoms with Crippen LogP contribution >= 0.6 is 15.9 Å². The smallest absolute Gasteiger partial charge is 0.221 e. The van der Waals surface area contributed by atoms with Gasteiger partial charge in [-0.3, -0.25) is 4.79 Å². The quantitative estimate of drug-likeness (QED) is 0.826. The maximum Gasteiger partial charge on any atom is 0.221 e. The van der Waals surface area contributed by atoms with Gasteiger partial charge in [-0.25, -0.2) is 0 Å². The third-order valence-electron chi connectivity index (χ3n) is 2.07. The molecule has 1 atom stereocenters. The molecule has 0 aliphatic carbocycles. The van der Waals surface area contributed by atoms with Gasteiger partial charge in [0, 0.05) is 11.8 Å². The lowest BCUT2D eigenvalue weighted by atomic mass is 10.1. The number of carbonyl (C=O) groups is 1. The summed E-state index contributed by atoms with van der Waals surface area (Å²) in [5, 5.41) is 12.8. The van der Waals surface area contributed by atoms with E-state index in [0.29, 0.717) is 11.8 Å². The van der Waals surface area contributed by atoms with Gasteiger partial charge in [0.25, 0.3) is 0 Å². The number of hydrogen-bond acceptors (Lipinski definition) is 2. The van der Waals surface area contributed by atoms with Crippen molar-refractivity contribution in [1.82, 2.24) is 5.32 Å². The summed E-state index contributed by atoms with van der Waals surface area (Å²) in [6, 6.07) is 6.82. The van der Waals surface area contributed by atoms with Gasteiger partial charge < -0.3 is 10.4 Å². The molecule has 0 aliphatic rings. The highest BCUT2D eigenvalue weighted by molar-refractivity contribution is 9.09. The normalized spacial score (nSPS) is 12.1. The number of rotatable bonds is 4. The van der Waals surface area contributed by atoms with E-state index in [-0.39, 0.29) is 17.7 Å². The Morgan fingerprint density at radius 2 is 2.33 bits per heavy atom. The number of halogens is 1. The molecule has 0 heterocycles. The number of amides is 1. The van der Waals surface area contributed by atoms with Crippen molar-refractivity contribution in [3.8, 4) is 5.75 Å². The van der Waals surface area contributed by atoms with Crippen molar-refractivity contribution in [3.63, 3.8) is 0 Å². The predicted molar refractivity (Wildman–Crippen MR) is 63.1 cm³/mol. The molecule has 1 aromatic rings. The number of hydrogen-bond donors (Lipinski definition) is 2. The summed E-state index contributed by atoms with van der Waals surface area (Å²) in [6.45, 7) is 1.89. The average molecular weight is 272 g/mol. The molecule has 82 valence electrons. The van der Waals surface area contributed by atoms with Crippen molar-refractivity contribution in [2.45, 2.75) is 19.4 Å². The third-order valence-corrected chi connectivity index (χ3v) is 2.47. The van der Waals surface area contributed by atoms with Gasteiger partial charge in [0.1, 0.15) is 5.75 Å². The van der Waals surface area contributed by atoms with E-state index in [1.807, 2.05) is 13.0 Å². The molecule has 3 nitrogen and oxygen atoms in total. The third kappa shape index (κ3) is 3.91. The van der Waals surface area contributed by atoms with E-state index < -0.39 is 0 Å². The minimum absolute atomic E-state index is 0.00252. The summed E-state index contributed by atoms with van der Waals surface area (Å²) in [5.41, 5.74) is 0.901. The van der Waals surface area contributed by atoms with Crippen LogP contribution in [0, 0.1) is 0 Å². The van der Waals surface area contributed by atoms with E-state index in [1.165, 1.54) is 0 Å². The molecule has 0 spiro atoms. The van der Waals surface area contributed by atoms with Gasteiger partial charge in [-0.2, -0.15) is 0 Å². The Labute approximate surface area is 97.6 Å². The standard InChI is InChI=1S/C11H14BrNO2/c1-8(13-11(15)5-6-12)9-3-2-4-10(14)7-9/h2-4,7-8,14H,5-6H2,1H3,(H,13,15). The van der Waals surface area contributed by atoms with Crippen LogP contribution in [0.2, 0.25) is 0 Å². The Morgan fingerprint density at radius 1 is 1.60 bits per heavy atom. The van der Waals surface area contributed by atoms with Gasteiger partial charge in [-0.15, -0.1) is 0 Å². The van der Waals surface area contributed by atoms with E-state index in [9.17, 15) is 9.90 Å². The van der Waals surface area contributed by atoms with E-state index in [2.05, 4.69) is 21.2 Å². The zero-order chi connectivity index (χ0) is 11.3. The van der Waals surface area contributed by atoms with Gasteiger partial charge >= 0.3 is 0 Å². The van der Waals surface area contributed by atoms with Crippen LogP contribution in [0.4, 0.5) is 0 Å². The zero-order valence-corrected chi connectivity index (χ0v) is 10.1. The molecule has 0 radical (unpaired) electrons. The second-order valence-corrected chi connectivity index (χ2v) is 4.12. The molecule has 1 rings (SSSR count). The lowest BCUT2D eigenvalue weighted by molar-refractivity contribution is -0.121. The van der Waals surface area contributed by atoms with Gasteiger partial charge in [0.2, 0.25) is 5.91 Å². The fourth-order valence-electron chi connectivity index (χ4n) is 1.28. The first-order chi connectivity index (χ1) is 7.13. The zero-order valence-electron chi connectivity index (χ0n) is 8.53. The first-order valence-electron chi connectivity index (χ1n) is 4.77. The van der Waals surface area contributed by atoms with Crippen LogP contribution in [0.15, 0.2) is 24.3 Å². The molecule has 0 saturated carbocycles. The lowest BCUT2D eigenvalue weighted by Gasteiger charge is -2.14. The van der Waals surface area contributed by atoms with Gasteiger partial charge in [0.05, 0.1) is 6.04 Å². The monoisotopic (exact) mass is 271 g/mol. The van der Waals surface area contributed by atoms with Crippen LogP contribution in [0.1, 0.15) is 24.9 Å². The van der Waals surface area contributed by atoms with Crippen molar-refractivity contribution in [1.29, 1.82) is 0 Å². The molecule has 4 heteroatoms. The number of aromatic hydroxyl groups is 1. The molecule has 0 bridgehead atoms. The number of benzene rings is 1. The van der Waals surface area contributed by atoms with Crippen LogP contribution < -0.4 is 5.32 Å². The molecular weight excluding hydrogens is 258 g/mol. The predicted octanol–water partition coefficient (Wildman–Crippen LogP) is 2.35. The second kappa shape index (κ2) is 5.75. The fourth-order valence-corrected chi connectivity index (χ4v) is 1.64. The highest BCUT2D eigenvalue weighted by Crippen LogP contribution is 2.17. The second-order valence-electron chi connectivity index (χ2n) is 3.32. The number of alkyl halides is 1. The van der Waals surface area contributed by atoms with Crippen molar-refractivity contribution < 1.29 is 9.90 Å². The van der Waals surface area contributed by atoms with E-state index in [4.69, 9.17) is 0 Å². The van der Waals surface area contributed by atoms with Crippen LogP contribution in [0.25, 0.3) is 0 Å². The van der Waals surface area contributed by atoms with E-state index >= 15 is 0 Å². The Hall–Kier alpha value is -1.03. The molecule has 2 N–H and O–H groups in total. The van der Waals surface area contributed by atoms with Crippen molar-refractivity contribution in [3.05, 3.63) is 29.8 Å². The summed E-state index contributed by atoms with van der Waals surface area (Å²) in [4.78, 5) is 11.3. The highest BCUT2D eigenvalue weighted by Gasteiger charge is 2.08. The summed E-state index contributed by atoms with van der Waals surface area (Å²) in [5.74, 6) is 0.219. The molecule has 1 aromatic carbocycles. The lowest BCUT2D eigenvalue weighted by Crippen LogP contribution is -2.26. The number of phenolic OH excluding ortho intramolecular Hbond substituents is 1. The molecule has 0 fully saturated rings. The number of phenols is 1. The fraction of sp³-hybridized carbons (Fsp3) is 0.364. The maximum atomic E-state index is 11.3. The summed E-state index contributed by atoms with van der Waals surface area (Å²) in [6.07, 6.45) is 0.461. The van der Waals surface area contributed by atoms with Crippen LogP contribution in [0.5, 0.6) is 5.75 Å². The molecule has 15 heavy (non-hydrogen) atoms. The van der Waals surface area contributed by atoms with Gasteiger partial charge in [-0.05, 0) is 24.6 Å². The molecular formula is C11H14BrNO2. The topological polar surface area (TPSA) is 49.3 Å². The summed E-state index contributed by atoms with van der Waals surface area (Å²) >= 11 is 3.21. The van der Waals surface area contributed by atoms with Crippen LogP contribution in [0.3, 0.4) is 0 Å². The van der Waals surface area contributed by atoms with E-state index in [1.54, 1.807) is 18.2 Å². The Balaban J connectivity index is 2.60. The Kier molecular flexibility index (Phi) is 4.62. The molecule has 0 aromatic heterocycles. The Bertz CT molecular complexity index is 341. The molecule has 1 unspecified atom stereocenters. The molecule has 0 saturated heterocycles. The minimum atomic E-state index is -0.0800. The van der Waals surface area contributed by atoms with Crippen molar-refractivity contribution >= 4 is 21.8 Å². The largest absolute Gasteiger partial charge is 0.508 e. The number of carbonyl (C=O) groups excluding carboxylic acids is 1. The van der Waals surface area contributed by atoms with Gasteiger partial charge in [-0.1, -0.05) is 28.1 Å². The van der Waals surface area contributed by atoms with Gasteiger partial charge in [0.15, 0.2) is 0 Å². The van der Waals surface area contributed by atoms with E-state index in [0.717, 1.165) is 5.56 Å².